The smallest absolute Gasteiger partial charge is 0.408 e. The molecule has 3 aliphatic rings. The van der Waals surface area contributed by atoms with Crippen molar-refractivity contribution >= 4 is 7.12 Å². The molecule has 0 amide bonds. The van der Waals surface area contributed by atoms with Crippen LogP contribution in [0.2, 0.25) is 5.82 Å². The first kappa shape index (κ1) is 10.5. The van der Waals surface area contributed by atoms with Crippen LogP contribution in [0.1, 0.15) is 6.92 Å². The van der Waals surface area contributed by atoms with Crippen molar-refractivity contribution in [3.8, 4) is 0 Å². The van der Waals surface area contributed by atoms with Crippen LogP contribution in [-0.2, 0) is 14.0 Å². The highest BCUT2D eigenvalue weighted by atomic mass is 16.6. The highest BCUT2D eigenvalue weighted by molar-refractivity contribution is 6.49. The summed E-state index contributed by atoms with van der Waals surface area (Å²) in [7, 11) is -0.184. The van der Waals surface area contributed by atoms with E-state index in [1.54, 1.807) is 0 Å². The minimum absolute atomic E-state index is 0.0100. The van der Waals surface area contributed by atoms with Crippen LogP contribution in [0, 0.1) is 0 Å². The van der Waals surface area contributed by atoms with Crippen LogP contribution >= 0.6 is 0 Å². The molecule has 2 saturated heterocycles. The second-order valence-electron chi connectivity index (χ2n) is 4.46. The number of allylic oxidation sites excluding steroid dienone is 2. The summed E-state index contributed by atoms with van der Waals surface area (Å²) in [5, 5.41) is 0. The van der Waals surface area contributed by atoms with Gasteiger partial charge in [-0.3, -0.25) is 0 Å². The van der Waals surface area contributed by atoms with Gasteiger partial charge in [0.2, 0.25) is 0 Å². The zero-order chi connectivity index (χ0) is 11.1. The van der Waals surface area contributed by atoms with Crippen LogP contribution in [0.25, 0.3) is 0 Å². The highest BCUT2D eigenvalue weighted by Gasteiger charge is 2.51. The number of rotatable bonds is 1. The molecule has 0 spiro atoms. The van der Waals surface area contributed by atoms with Gasteiger partial charge in [-0.15, -0.1) is 0 Å². The molecule has 0 saturated carbocycles. The lowest BCUT2D eigenvalue weighted by atomic mass is 9.64. The SMILES string of the molecule is CC1=C2C3B(OCCOC3C=C1)O[C@@H]2CN. The molecule has 2 aliphatic heterocycles. The van der Waals surface area contributed by atoms with Crippen LogP contribution in [0.5, 0.6) is 0 Å². The van der Waals surface area contributed by atoms with Gasteiger partial charge >= 0.3 is 7.12 Å². The van der Waals surface area contributed by atoms with Gasteiger partial charge in [-0.2, -0.15) is 0 Å². The largest absolute Gasteiger partial charge is 0.468 e. The molecule has 3 rings (SSSR count). The van der Waals surface area contributed by atoms with Crippen molar-refractivity contribution in [2.45, 2.75) is 24.9 Å². The molecule has 0 aromatic carbocycles. The first-order valence-corrected chi connectivity index (χ1v) is 5.79. The Morgan fingerprint density at radius 2 is 2.38 bits per heavy atom. The molecular formula is C11H16BNO3. The van der Waals surface area contributed by atoms with E-state index >= 15 is 0 Å². The minimum atomic E-state index is -0.184. The van der Waals surface area contributed by atoms with Crippen molar-refractivity contribution in [2.75, 3.05) is 19.8 Å². The van der Waals surface area contributed by atoms with Crippen molar-refractivity contribution < 1.29 is 14.0 Å². The molecule has 2 heterocycles. The molecule has 16 heavy (non-hydrogen) atoms. The van der Waals surface area contributed by atoms with Gasteiger partial charge in [0.1, 0.15) is 0 Å². The highest BCUT2D eigenvalue weighted by Crippen LogP contribution is 2.44. The van der Waals surface area contributed by atoms with E-state index in [-0.39, 0.29) is 25.1 Å². The van der Waals surface area contributed by atoms with Gasteiger partial charge < -0.3 is 19.8 Å². The summed E-state index contributed by atoms with van der Waals surface area (Å²) in [6, 6.07) is 0. The molecule has 1 aliphatic carbocycles. The Hall–Kier alpha value is -0.615. The summed E-state index contributed by atoms with van der Waals surface area (Å²) in [4.78, 5) is 0. The maximum absolute atomic E-state index is 5.85. The summed E-state index contributed by atoms with van der Waals surface area (Å²) in [6.07, 6.45) is 4.29. The first-order chi connectivity index (χ1) is 7.81. The molecule has 0 bridgehead atoms. The molecule has 3 atom stereocenters. The average Bonchev–Trinajstić information content (AvgIpc) is 2.55. The third-order valence-corrected chi connectivity index (χ3v) is 3.53. The Morgan fingerprint density at radius 3 is 3.19 bits per heavy atom. The van der Waals surface area contributed by atoms with Crippen molar-refractivity contribution in [3.63, 3.8) is 0 Å². The van der Waals surface area contributed by atoms with E-state index in [4.69, 9.17) is 19.8 Å². The summed E-state index contributed by atoms with van der Waals surface area (Å²) in [6.45, 7) is 3.82. The van der Waals surface area contributed by atoms with Crippen LogP contribution < -0.4 is 5.73 Å². The standard InChI is InChI=1S/C11H16BNO3/c1-7-2-3-8-11-10(7)9(6-13)16-12(11)15-5-4-14-8/h2-3,8-9,11H,4-6,13H2,1H3/t8?,9-,11?/m1/s1. The Labute approximate surface area is 95.6 Å². The van der Waals surface area contributed by atoms with E-state index in [2.05, 4.69) is 19.1 Å². The minimum Gasteiger partial charge on any atom is -0.408 e. The number of hydrogen-bond acceptors (Lipinski definition) is 4. The molecule has 2 fully saturated rings. The summed E-state index contributed by atoms with van der Waals surface area (Å²) < 4.78 is 17.3. The first-order valence-electron chi connectivity index (χ1n) is 5.79. The van der Waals surface area contributed by atoms with E-state index in [1.165, 1.54) is 11.1 Å². The Kier molecular flexibility index (Phi) is 2.63. The lowest BCUT2D eigenvalue weighted by Crippen LogP contribution is -2.29. The van der Waals surface area contributed by atoms with E-state index in [1.807, 2.05) is 0 Å². The second-order valence-corrected chi connectivity index (χ2v) is 4.46. The van der Waals surface area contributed by atoms with Crippen molar-refractivity contribution in [1.29, 1.82) is 0 Å². The lowest BCUT2D eigenvalue weighted by molar-refractivity contribution is 0.0718. The molecule has 86 valence electrons. The van der Waals surface area contributed by atoms with E-state index in [0.29, 0.717) is 19.8 Å². The van der Waals surface area contributed by atoms with Gasteiger partial charge in [0.25, 0.3) is 0 Å². The zero-order valence-electron chi connectivity index (χ0n) is 9.39. The van der Waals surface area contributed by atoms with Crippen molar-refractivity contribution in [1.82, 2.24) is 0 Å². The molecule has 2 N–H and O–H groups in total. The predicted octanol–water partition coefficient (Wildman–Crippen LogP) is 0.504. The zero-order valence-corrected chi connectivity index (χ0v) is 9.39. The van der Waals surface area contributed by atoms with Crippen LogP contribution in [-0.4, -0.2) is 39.1 Å². The maximum Gasteiger partial charge on any atom is 0.468 e. The van der Waals surface area contributed by atoms with Gasteiger partial charge in [0, 0.05) is 12.4 Å². The molecule has 2 unspecified atom stereocenters. The Bertz CT molecular complexity index is 355. The quantitative estimate of drug-likeness (QED) is 0.655. The summed E-state index contributed by atoms with van der Waals surface area (Å²) >= 11 is 0. The fraction of sp³-hybridized carbons (Fsp3) is 0.636. The molecule has 0 radical (unpaired) electrons. The monoisotopic (exact) mass is 221 g/mol. The number of nitrogens with two attached hydrogens (primary N) is 1. The van der Waals surface area contributed by atoms with Crippen LogP contribution in [0.3, 0.4) is 0 Å². The molecule has 0 aromatic heterocycles. The average molecular weight is 221 g/mol. The van der Waals surface area contributed by atoms with Gasteiger partial charge in [0.05, 0.1) is 25.4 Å². The third kappa shape index (κ3) is 1.47. The third-order valence-electron chi connectivity index (χ3n) is 3.53. The van der Waals surface area contributed by atoms with E-state index in [9.17, 15) is 0 Å². The van der Waals surface area contributed by atoms with E-state index in [0.717, 1.165) is 0 Å². The van der Waals surface area contributed by atoms with Crippen molar-refractivity contribution in [2.24, 2.45) is 5.73 Å². The number of ether oxygens (including phenoxy) is 1. The molecule has 5 heteroatoms. The van der Waals surface area contributed by atoms with Gasteiger partial charge in [-0.1, -0.05) is 12.2 Å². The normalized spacial score (nSPS) is 37.6. The van der Waals surface area contributed by atoms with Gasteiger partial charge in [-0.05, 0) is 18.1 Å². The Balaban J connectivity index is 2.00. The second kappa shape index (κ2) is 4.00. The maximum atomic E-state index is 5.85. The topological polar surface area (TPSA) is 53.7 Å². The number of hydrogen-bond donors (Lipinski definition) is 1. The fourth-order valence-electron chi connectivity index (χ4n) is 2.82. The molecule has 0 aromatic rings. The Morgan fingerprint density at radius 1 is 1.50 bits per heavy atom. The van der Waals surface area contributed by atoms with E-state index < -0.39 is 0 Å². The van der Waals surface area contributed by atoms with Crippen LogP contribution in [0.15, 0.2) is 23.3 Å². The lowest BCUT2D eigenvalue weighted by Gasteiger charge is -2.25. The summed E-state index contributed by atoms with van der Waals surface area (Å²) in [5.74, 6) is 0.195. The van der Waals surface area contributed by atoms with Crippen molar-refractivity contribution in [3.05, 3.63) is 23.3 Å². The van der Waals surface area contributed by atoms with Gasteiger partial charge in [0.15, 0.2) is 0 Å². The fourth-order valence-corrected chi connectivity index (χ4v) is 2.82. The molecule has 4 nitrogen and oxygen atoms in total. The van der Waals surface area contributed by atoms with Gasteiger partial charge in [-0.25, -0.2) is 0 Å². The van der Waals surface area contributed by atoms with Crippen LogP contribution in [0.4, 0.5) is 0 Å². The predicted molar refractivity (Wildman–Crippen MR) is 61.0 cm³/mol. The summed E-state index contributed by atoms with van der Waals surface area (Å²) in [5.41, 5.74) is 8.25. The molecular weight excluding hydrogens is 205 g/mol.